The fourth-order valence-corrected chi connectivity index (χ4v) is 3.44. The van der Waals surface area contributed by atoms with E-state index < -0.39 is 23.8 Å². The van der Waals surface area contributed by atoms with E-state index in [2.05, 4.69) is 0 Å². The number of benzene rings is 2. The van der Waals surface area contributed by atoms with Gasteiger partial charge < -0.3 is 28.5 Å². The molecule has 2 atom stereocenters. The second-order valence-corrected chi connectivity index (χ2v) is 6.78. The van der Waals surface area contributed by atoms with Crippen molar-refractivity contribution in [2.24, 2.45) is 0 Å². The standard InChI is InChI=1S/C22H20O8/c1-4-27-22(25)21-18(12-5-7-14(23)16(10-12)26-3)28-15-8-6-13-11(2)9-17(24)29-19(13)20(15)30-21/h5-10,18,21,23H,4H2,1-3H3. The Kier molecular flexibility index (Phi) is 4.99. The Hall–Kier alpha value is -3.68. The van der Waals surface area contributed by atoms with Crippen LogP contribution >= 0.6 is 0 Å². The van der Waals surface area contributed by atoms with Crippen molar-refractivity contribution in [2.75, 3.05) is 13.7 Å². The summed E-state index contributed by atoms with van der Waals surface area (Å²) in [5.74, 6) is 0.0216. The number of phenolic OH excluding ortho intramolecular Hbond substituents is 1. The molecule has 8 nitrogen and oxygen atoms in total. The van der Waals surface area contributed by atoms with E-state index in [0.717, 1.165) is 0 Å². The molecular weight excluding hydrogens is 392 g/mol. The molecule has 2 unspecified atom stereocenters. The molecule has 0 saturated heterocycles. The summed E-state index contributed by atoms with van der Waals surface area (Å²) in [6.45, 7) is 3.62. The van der Waals surface area contributed by atoms with Gasteiger partial charge >= 0.3 is 11.6 Å². The summed E-state index contributed by atoms with van der Waals surface area (Å²) < 4.78 is 27.8. The third kappa shape index (κ3) is 3.30. The van der Waals surface area contributed by atoms with Gasteiger partial charge in [0.25, 0.3) is 0 Å². The molecule has 1 aliphatic heterocycles. The molecule has 1 aliphatic rings. The van der Waals surface area contributed by atoms with E-state index in [1.165, 1.54) is 19.2 Å². The van der Waals surface area contributed by atoms with Crippen molar-refractivity contribution in [2.45, 2.75) is 26.1 Å². The van der Waals surface area contributed by atoms with Crippen molar-refractivity contribution >= 4 is 16.9 Å². The van der Waals surface area contributed by atoms with E-state index >= 15 is 0 Å². The fraction of sp³-hybridized carbons (Fsp3) is 0.273. The molecule has 2 heterocycles. The first-order valence-corrected chi connectivity index (χ1v) is 9.37. The van der Waals surface area contributed by atoms with Crippen molar-refractivity contribution in [1.29, 1.82) is 0 Å². The van der Waals surface area contributed by atoms with Gasteiger partial charge in [-0.2, -0.15) is 0 Å². The highest BCUT2D eigenvalue weighted by Gasteiger charge is 2.41. The van der Waals surface area contributed by atoms with Gasteiger partial charge in [0, 0.05) is 17.0 Å². The molecule has 8 heteroatoms. The predicted molar refractivity (Wildman–Crippen MR) is 106 cm³/mol. The van der Waals surface area contributed by atoms with Gasteiger partial charge in [0.05, 0.1) is 13.7 Å². The Morgan fingerprint density at radius 2 is 1.97 bits per heavy atom. The average molecular weight is 412 g/mol. The molecule has 4 rings (SSSR count). The van der Waals surface area contributed by atoms with Crippen molar-refractivity contribution < 1.29 is 33.3 Å². The normalized spacial score (nSPS) is 17.6. The summed E-state index contributed by atoms with van der Waals surface area (Å²) in [7, 11) is 1.42. The first-order chi connectivity index (χ1) is 14.4. The third-order valence-corrected chi connectivity index (χ3v) is 4.86. The van der Waals surface area contributed by atoms with E-state index in [1.807, 2.05) is 0 Å². The molecule has 1 N–H and O–H groups in total. The van der Waals surface area contributed by atoms with Gasteiger partial charge in [-0.15, -0.1) is 0 Å². The molecule has 3 aromatic rings. The minimum absolute atomic E-state index is 0.0469. The second-order valence-electron chi connectivity index (χ2n) is 6.78. The number of rotatable bonds is 4. The molecule has 156 valence electrons. The summed E-state index contributed by atoms with van der Waals surface area (Å²) in [6, 6.07) is 9.44. The highest BCUT2D eigenvalue weighted by atomic mass is 16.6. The number of ether oxygens (including phenoxy) is 4. The highest BCUT2D eigenvalue weighted by molar-refractivity contribution is 5.89. The summed E-state index contributed by atoms with van der Waals surface area (Å²) in [5.41, 5.74) is 0.925. The van der Waals surface area contributed by atoms with Crippen LogP contribution in [0.4, 0.5) is 0 Å². The summed E-state index contributed by atoms with van der Waals surface area (Å²) in [4.78, 5) is 24.6. The van der Waals surface area contributed by atoms with Crippen LogP contribution in [0.2, 0.25) is 0 Å². The SMILES string of the molecule is CCOC(=O)C1Oc2c(ccc3c(C)cc(=O)oc23)OC1c1ccc(O)c(OC)c1. The predicted octanol–water partition coefficient (Wildman–Crippen LogP) is 3.26. The van der Waals surface area contributed by atoms with E-state index in [4.69, 9.17) is 23.4 Å². The molecule has 0 radical (unpaired) electrons. The summed E-state index contributed by atoms with van der Waals surface area (Å²) >= 11 is 0. The minimum atomic E-state index is -1.16. The van der Waals surface area contributed by atoms with Crippen LogP contribution in [0.5, 0.6) is 23.0 Å². The lowest BCUT2D eigenvalue weighted by Gasteiger charge is -2.33. The summed E-state index contributed by atoms with van der Waals surface area (Å²) in [6.07, 6.45) is -2.04. The maximum atomic E-state index is 12.7. The number of carbonyl (C=O) groups excluding carboxylic acids is 1. The van der Waals surface area contributed by atoms with Crippen LogP contribution in [-0.4, -0.2) is 30.9 Å². The molecule has 1 aromatic heterocycles. The molecule has 30 heavy (non-hydrogen) atoms. The van der Waals surface area contributed by atoms with Crippen molar-refractivity contribution in [3.05, 3.63) is 57.9 Å². The molecular formula is C22H20O8. The Bertz CT molecular complexity index is 1180. The number of aromatic hydroxyl groups is 1. The molecule has 0 saturated carbocycles. The largest absolute Gasteiger partial charge is 0.504 e. The number of esters is 1. The molecule has 0 fully saturated rings. The van der Waals surface area contributed by atoms with Gasteiger partial charge in [-0.05, 0) is 43.7 Å². The van der Waals surface area contributed by atoms with Crippen LogP contribution in [0, 0.1) is 6.92 Å². The smallest absolute Gasteiger partial charge is 0.351 e. The number of phenols is 1. The van der Waals surface area contributed by atoms with Crippen LogP contribution in [0.25, 0.3) is 11.0 Å². The van der Waals surface area contributed by atoms with Gasteiger partial charge in [-0.25, -0.2) is 9.59 Å². The van der Waals surface area contributed by atoms with Gasteiger partial charge in [-0.1, -0.05) is 6.07 Å². The summed E-state index contributed by atoms with van der Waals surface area (Å²) in [5, 5.41) is 10.6. The van der Waals surface area contributed by atoms with E-state index in [-0.39, 0.29) is 29.4 Å². The number of hydrogen-bond donors (Lipinski definition) is 1. The average Bonchev–Trinajstić information content (AvgIpc) is 2.73. The molecule has 0 amide bonds. The fourth-order valence-electron chi connectivity index (χ4n) is 3.44. The van der Waals surface area contributed by atoms with Crippen molar-refractivity contribution in [3.8, 4) is 23.0 Å². The maximum absolute atomic E-state index is 12.7. The zero-order valence-corrected chi connectivity index (χ0v) is 16.6. The van der Waals surface area contributed by atoms with Gasteiger partial charge in [0.2, 0.25) is 11.9 Å². The van der Waals surface area contributed by atoms with Crippen LogP contribution < -0.4 is 19.8 Å². The Labute approximate surface area is 171 Å². The zero-order valence-electron chi connectivity index (χ0n) is 16.6. The molecule has 0 bridgehead atoms. The van der Waals surface area contributed by atoms with E-state index in [1.54, 1.807) is 38.1 Å². The topological polar surface area (TPSA) is 104 Å². The quantitative estimate of drug-likeness (QED) is 0.514. The van der Waals surface area contributed by atoms with Crippen LogP contribution in [0.3, 0.4) is 0 Å². The first kappa shape index (κ1) is 19.6. The molecule has 0 aliphatic carbocycles. The highest BCUT2D eigenvalue weighted by Crippen LogP contribution is 2.45. The molecule has 2 aromatic carbocycles. The van der Waals surface area contributed by atoms with Gasteiger partial charge in [0.15, 0.2) is 28.9 Å². The van der Waals surface area contributed by atoms with E-state index in [0.29, 0.717) is 22.3 Å². The second kappa shape index (κ2) is 7.62. The van der Waals surface area contributed by atoms with Crippen molar-refractivity contribution in [1.82, 2.24) is 0 Å². The Morgan fingerprint density at radius 3 is 2.70 bits per heavy atom. The number of fused-ring (bicyclic) bond motifs is 3. The minimum Gasteiger partial charge on any atom is -0.504 e. The Morgan fingerprint density at radius 1 is 1.17 bits per heavy atom. The number of aryl methyl sites for hydroxylation is 1. The van der Waals surface area contributed by atoms with Gasteiger partial charge in [-0.3, -0.25) is 0 Å². The van der Waals surface area contributed by atoms with Crippen LogP contribution in [0.1, 0.15) is 24.2 Å². The number of methoxy groups -OCH3 is 1. The Balaban J connectivity index is 1.86. The number of hydrogen-bond acceptors (Lipinski definition) is 8. The van der Waals surface area contributed by atoms with Crippen LogP contribution in [0.15, 0.2) is 45.6 Å². The monoisotopic (exact) mass is 412 g/mol. The van der Waals surface area contributed by atoms with Crippen LogP contribution in [-0.2, 0) is 9.53 Å². The lowest BCUT2D eigenvalue weighted by molar-refractivity contribution is -0.158. The number of carbonyl (C=O) groups is 1. The van der Waals surface area contributed by atoms with Crippen molar-refractivity contribution in [3.63, 3.8) is 0 Å². The molecule has 0 spiro atoms. The lowest BCUT2D eigenvalue weighted by atomic mass is 10.0. The maximum Gasteiger partial charge on any atom is 0.351 e. The van der Waals surface area contributed by atoms with E-state index in [9.17, 15) is 14.7 Å². The zero-order chi connectivity index (χ0) is 21.4. The van der Waals surface area contributed by atoms with Gasteiger partial charge in [0.1, 0.15) is 0 Å². The first-order valence-electron chi connectivity index (χ1n) is 9.37. The third-order valence-electron chi connectivity index (χ3n) is 4.86. The lowest BCUT2D eigenvalue weighted by Crippen LogP contribution is -2.40.